The van der Waals surface area contributed by atoms with Crippen LogP contribution in [0.1, 0.15) is 32.1 Å². The van der Waals surface area contributed by atoms with E-state index in [1.165, 1.54) is 12.6 Å². The molecule has 1 amide bonds. The number of nitrogens with one attached hydrogen (secondary N) is 1. The molecule has 1 aliphatic carbocycles. The molecule has 0 saturated heterocycles. The van der Waals surface area contributed by atoms with Gasteiger partial charge in [0.15, 0.2) is 0 Å². The van der Waals surface area contributed by atoms with E-state index in [0.29, 0.717) is 15.7 Å². The second-order valence-corrected chi connectivity index (χ2v) is 6.49. The molecule has 0 radical (unpaired) electrons. The van der Waals surface area contributed by atoms with Crippen LogP contribution in [-0.4, -0.2) is 23.9 Å². The van der Waals surface area contributed by atoms with Crippen LogP contribution in [0.2, 0.25) is 10.0 Å². The third-order valence-corrected chi connectivity index (χ3v) is 4.66. The Bertz CT molecular complexity index is 646. The van der Waals surface area contributed by atoms with Gasteiger partial charge in [0.25, 0.3) is 5.91 Å². The maximum atomic E-state index is 12.5. The Kier molecular flexibility index (Phi) is 6.32. The predicted molar refractivity (Wildman–Crippen MR) is 93.4 cm³/mol. The fourth-order valence-electron chi connectivity index (χ4n) is 2.72. The molecular formula is C17H19Cl2N3O. The third kappa shape index (κ3) is 4.63. The third-order valence-electron chi connectivity index (χ3n) is 4.09. The van der Waals surface area contributed by atoms with Crippen molar-refractivity contribution in [2.24, 2.45) is 0 Å². The second-order valence-electron chi connectivity index (χ2n) is 5.65. The number of hydrogen-bond donors (Lipinski definition) is 1. The maximum Gasteiger partial charge on any atom is 0.266 e. The molecule has 6 heteroatoms. The first-order valence-corrected chi connectivity index (χ1v) is 8.37. The summed E-state index contributed by atoms with van der Waals surface area (Å²) in [6.07, 6.45) is 6.85. The number of rotatable bonds is 4. The normalized spacial score (nSPS) is 15.8. The second kappa shape index (κ2) is 8.24. The van der Waals surface area contributed by atoms with E-state index in [9.17, 15) is 10.1 Å². The first kappa shape index (κ1) is 17.7. The highest BCUT2D eigenvalue weighted by Gasteiger charge is 2.24. The monoisotopic (exact) mass is 351 g/mol. The van der Waals surface area contributed by atoms with E-state index in [2.05, 4.69) is 5.32 Å². The standard InChI is InChI=1S/C17H19Cl2N3O/c1-22(14-5-3-2-4-6-14)17(23)12(10-20)11-21-16-9-13(18)7-8-15(16)19/h7-9,11,14,21H,2-6H2,1H3/b12-11-. The first-order valence-electron chi connectivity index (χ1n) is 7.62. The van der Waals surface area contributed by atoms with Gasteiger partial charge in [-0.25, -0.2) is 0 Å². The van der Waals surface area contributed by atoms with Crippen molar-refractivity contribution in [1.82, 2.24) is 4.90 Å². The summed E-state index contributed by atoms with van der Waals surface area (Å²) in [4.78, 5) is 14.2. The average Bonchev–Trinajstić information content (AvgIpc) is 2.58. The summed E-state index contributed by atoms with van der Waals surface area (Å²) in [6, 6.07) is 7.14. The number of carbonyl (C=O) groups excluding carboxylic acids is 1. The summed E-state index contributed by atoms with van der Waals surface area (Å²) in [5.41, 5.74) is 0.606. The van der Waals surface area contributed by atoms with Gasteiger partial charge in [-0.05, 0) is 31.0 Å². The van der Waals surface area contributed by atoms with Gasteiger partial charge >= 0.3 is 0 Å². The number of carbonyl (C=O) groups is 1. The van der Waals surface area contributed by atoms with Crippen molar-refractivity contribution >= 4 is 34.8 Å². The van der Waals surface area contributed by atoms with Crippen molar-refractivity contribution in [3.63, 3.8) is 0 Å². The van der Waals surface area contributed by atoms with Crippen molar-refractivity contribution in [3.05, 3.63) is 40.0 Å². The quantitative estimate of drug-likeness (QED) is 0.636. The van der Waals surface area contributed by atoms with Crippen molar-refractivity contribution < 1.29 is 4.79 Å². The van der Waals surface area contributed by atoms with Crippen LogP contribution in [0.3, 0.4) is 0 Å². The molecule has 1 aromatic rings. The van der Waals surface area contributed by atoms with Crippen LogP contribution in [0.25, 0.3) is 0 Å². The van der Waals surface area contributed by atoms with Crippen LogP contribution >= 0.6 is 23.2 Å². The zero-order valence-electron chi connectivity index (χ0n) is 13.0. The molecule has 23 heavy (non-hydrogen) atoms. The van der Waals surface area contributed by atoms with Crippen LogP contribution in [-0.2, 0) is 4.79 Å². The van der Waals surface area contributed by atoms with Gasteiger partial charge in [-0.3, -0.25) is 4.79 Å². The van der Waals surface area contributed by atoms with E-state index >= 15 is 0 Å². The summed E-state index contributed by atoms with van der Waals surface area (Å²) in [6.45, 7) is 0. The lowest BCUT2D eigenvalue weighted by Crippen LogP contribution is -2.39. The van der Waals surface area contributed by atoms with Crippen LogP contribution in [0, 0.1) is 11.3 Å². The molecule has 1 N–H and O–H groups in total. The molecule has 2 rings (SSSR count). The molecule has 122 valence electrons. The molecule has 0 aromatic heterocycles. The Hall–Kier alpha value is -1.70. The van der Waals surface area contributed by atoms with E-state index in [4.69, 9.17) is 23.2 Å². The molecule has 0 spiro atoms. The number of nitrogens with zero attached hydrogens (tertiary/aromatic N) is 2. The molecule has 4 nitrogen and oxygen atoms in total. The minimum atomic E-state index is -0.273. The molecule has 1 aromatic carbocycles. The van der Waals surface area contributed by atoms with Crippen LogP contribution in [0.5, 0.6) is 0 Å². The highest BCUT2D eigenvalue weighted by atomic mass is 35.5. The van der Waals surface area contributed by atoms with Crippen LogP contribution in [0.4, 0.5) is 5.69 Å². The first-order chi connectivity index (χ1) is 11.0. The van der Waals surface area contributed by atoms with Gasteiger partial charge in [0.05, 0.1) is 10.7 Å². The number of hydrogen-bond acceptors (Lipinski definition) is 3. The smallest absolute Gasteiger partial charge is 0.266 e. The lowest BCUT2D eigenvalue weighted by Gasteiger charge is -2.31. The summed E-state index contributed by atoms with van der Waals surface area (Å²) in [5, 5.41) is 13.2. The van der Waals surface area contributed by atoms with Crippen LogP contribution < -0.4 is 5.32 Å². The largest absolute Gasteiger partial charge is 0.359 e. The summed E-state index contributed by atoms with van der Waals surface area (Å²) in [7, 11) is 1.76. The van der Waals surface area contributed by atoms with E-state index < -0.39 is 0 Å². The maximum absolute atomic E-state index is 12.5. The zero-order chi connectivity index (χ0) is 16.8. The van der Waals surface area contributed by atoms with Gasteiger partial charge in [0.2, 0.25) is 0 Å². The Balaban J connectivity index is 2.10. The van der Waals surface area contributed by atoms with Gasteiger partial charge in [-0.15, -0.1) is 0 Å². The Labute approximate surface area is 146 Å². The fourth-order valence-corrected chi connectivity index (χ4v) is 3.07. The van der Waals surface area contributed by atoms with Gasteiger partial charge in [-0.1, -0.05) is 42.5 Å². The Morgan fingerprint density at radius 2 is 2.04 bits per heavy atom. The number of likely N-dealkylation sites (N-methyl/N-ethyl adjacent to an activating group) is 1. The average molecular weight is 352 g/mol. The molecule has 0 bridgehead atoms. The number of halogens is 2. The fraction of sp³-hybridized carbons (Fsp3) is 0.412. The SMILES string of the molecule is CN(C(=O)/C(C#N)=C\Nc1cc(Cl)ccc1Cl)C1CCCCC1. The van der Waals surface area contributed by atoms with Crippen LogP contribution in [0.15, 0.2) is 30.0 Å². The van der Waals surface area contributed by atoms with E-state index in [1.807, 2.05) is 6.07 Å². The Morgan fingerprint density at radius 1 is 1.35 bits per heavy atom. The minimum Gasteiger partial charge on any atom is -0.359 e. The highest BCUT2D eigenvalue weighted by Crippen LogP contribution is 2.26. The van der Waals surface area contributed by atoms with Crippen molar-refractivity contribution in [3.8, 4) is 6.07 Å². The van der Waals surface area contributed by atoms with Gasteiger partial charge < -0.3 is 10.2 Å². The number of anilines is 1. The van der Waals surface area contributed by atoms with Crippen molar-refractivity contribution in [2.45, 2.75) is 38.1 Å². The molecule has 1 aliphatic rings. The number of amides is 1. The highest BCUT2D eigenvalue weighted by molar-refractivity contribution is 6.35. The molecule has 0 atom stereocenters. The molecule has 1 fully saturated rings. The van der Waals surface area contributed by atoms with E-state index in [1.54, 1.807) is 30.1 Å². The summed E-state index contributed by atoms with van der Waals surface area (Å²) in [5.74, 6) is -0.273. The summed E-state index contributed by atoms with van der Waals surface area (Å²) < 4.78 is 0. The molecule has 0 aliphatic heterocycles. The van der Waals surface area contributed by atoms with E-state index in [0.717, 1.165) is 25.7 Å². The Morgan fingerprint density at radius 3 is 2.70 bits per heavy atom. The summed E-state index contributed by atoms with van der Waals surface area (Å²) >= 11 is 12.0. The number of benzene rings is 1. The predicted octanol–water partition coefficient (Wildman–Crippen LogP) is 4.60. The van der Waals surface area contributed by atoms with Crippen molar-refractivity contribution in [2.75, 3.05) is 12.4 Å². The van der Waals surface area contributed by atoms with Crippen molar-refractivity contribution in [1.29, 1.82) is 5.26 Å². The van der Waals surface area contributed by atoms with Gasteiger partial charge in [0, 0.05) is 24.3 Å². The minimum absolute atomic E-state index is 0.0501. The molecule has 0 heterocycles. The number of nitriles is 1. The van der Waals surface area contributed by atoms with Gasteiger partial charge in [-0.2, -0.15) is 5.26 Å². The molecule has 0 unspecified atom stereocenters. The van der Waals surface area contributed by atoms with E-state index in [-0.39, 0.29) is 17.5 Å². The topological polar surface area (TPSA) is 56.1 Å². The molecular weight excluding hydrogens is 333 g/mol. The molecule has 1 saturated carbocycles. The lowest BCUT2D eigenvalue weighted by molar-refractivity contribution is -0.128. The lowest BCUT2D eigenvalue weighted by atomic mass is 9.94. The van der Waals surface area contributed by atoms with Gasteiger partial charge in [0.1, 0.15) is 11.6 Å². The zero-order valence-corrected chi connectivity index (χ0v) is 14.5.